The number of rotatable bonds is 4. The van der Waals surface area contributed by atoms with Gasteiger partial charge in [-0.05, 0) is 18.1 Å². The number of carbonyl (C=O) groups is 1. The maximum Gasteiger partial charge on any atom is 0.218 e. The molecule has 6 heteroatoms. The van der Waals surface area contributed by atoms with Gasteiger partial charge in [0.05, 0.1) is 0 Å². The summed E-state index contributed by atoms with van der Waals surface area (Å²) in [5.41, 5.74) is 10.3. The molecule has 0 radical (unpaired) electrons. The van der Waals surface area contributed by atoms with Crippen LogP contribution in [0.5, 0.6) is 0 Å². The van der Waals surface area contributed by atoms with E-state index in [0.29, 0.717) is 6.07 Å². The average molecular weight is 232 g/mol. The highest BCUT2D eigenvalue weighted by Crippen LogP contribution is 2.15. The molecule has 1 atom stereocenters. The number of amides is 1. The second kappa shape index (κ2) is 4.98. The van der Waals surface area contributed by atoms with E-state index in [1.54, 1.807) is 0 Å². The molecule has 1 aromatic rings. The molecule has 0 saturated carbocycles. The average Bonchev–Trinajstić information content (AvgIpc) is 2.12. The van der Waals surface area contributed by atoms with E-state index in [1.165, 1.54) is 0 Å². The lowest BCUT2D eigenvalue weighted by atomic mass is 10.0. The zero-order chi connectivity index (χ0) is 12.3. The minimum Gasteiger partial charge on any atom is -0.370 e. The molecular formula is C10H11F3N2O. The first-order chi connectivity index (χ1) is 7.40. The van der Waals surface area contributed by atoms with Crippen molar-refractivity contribution >= 4 is 5.91 Å². The molecule has 0 aromatic heterocycles. The number of halogens is 3. The van der Waals surface area contributed by atoms with Gasteiger partial charge in [0.25, 0.3) is 0 Å². The second-order valence-corrected chi connectivity index (χ2v) is 3.49. The van der Waals surface area contributed by atoms with Crippen LogP contribution in [0, 0.1) is 17.5 Å². The summed E-state index contributed by atoms with van der Waals surface area (Å²) < 4.78 is 38.5. The minimum absolute atomic E-state index is 0.0762. The number of primary amides is 1. The van der Waals surface area contributed by atoms with Gasteiger partial charge < -0.3 is 11.5 Å². The molecule has 0 aliphatic rings. The third-order valence-electron chi connectivity index (χ3n) is 2.03. The first-order valence-electron chi connectivity index (χ1n) is 4.57. The predicted molar refractivity (Wildman–Crippen MR) is 51.8 cm³/mol. The highest BCUT2D eigenvalue weighted by molar-refractivity contribution is 5.74. The van der Waals surface area contributed by atoms with Gasteiger partial charge in [-0.2, -0.15) is 0 Å². The first-order valence-corrected chi connectivity index (χ1v) is 4.57. The van der Waals surface area contributed by atoms with E-state index in [0.717, 1.165) is 6.07 Å². The molecule has 1 aromatic carbocycles. The second-order valence-electron chi connectivity index (χ2n) is 3.49. The molecule has 1 rings (SSSR count). The summed E-state index contributed by atoms with van der Waals surface area (Å²) in [6.07, 6.45) is -0.218. The zero-order valence-electron chi connectivity index (χ0n) is 8.34. The Bertz CT molecular complexity index is 409. The molecule has 0 aliphatic carbocycles. The van der Waals surface area contributed by atoms with Crippen LogP contribution in [0.25, 0.3) is 0 Å². The lowest BCUT2D eigenvalue weighted by molar-refractivity contribution is -0.118. The first kappa shape index (κ1) is 12.5. The van der Waals surface area contributed by atoms with Crippen LogP contribution in [0.15, 0.2) is 12.1 Å². The van der Waals surface area contributed by atoms with E-state index in [1.807, 2.05) is 0 Å². The Labute approximate surface area is 90.2 Å². The summed E-state index contributed by atoms with van der Waals surface area (Å²) >= 11 is 0. The van der Waals surface area contributed by atoms with Crippen LogP contribution in [0.2, 0.25) is 0 Å². The van der Waals surface area contributed by atoms with Crippen molar-refractivity contribution in [3.8, 4) is 0 Å². The van der Waals surface area contributed by atoms with Crippen molar-refractivity contribution < 1.29 is 18.0 Å². The van der Waals surface area contributed by atoms with Gasteiger partial charge in [0.2, 0.25) is 5.91 Å². The fourth-order valence-electron chi connectivity index (χ4n) is 1.33. The van der Waals surface area contributed by atoms with Gasteiger partial charge in [0.15, 0.2) is 11.6 Å². The Morgan fingerprint density at radius 3 is 2.31 bits per heavy atom. The number of carbonyl (C=O) groups excluding carboxylic acids is 1. The molecule has 0 fully saturated rings. The molecule has 3 nitrogen and oxygen atoms in total. The summed E-state index contributed by atoms with van der Waals surface area (Å²) in [6, 6.07) is 0.463. The zero-order valence-corrected chi connectivity index (χ0v) is 8.34. The number of benzene rings is 1. The van der Waals surface area contributed by atoms with E-state index >= 15 is 0 Å². The summed E-state index contributed by atoms with van der Waals surface area (Å²) in [6.45, 7) is 0. The molecule has 0 aliphatic heterocycles. The van der Waals surface area contributed by atoms with Gasteiger partial charge >= 0.3 is 0 Å². The largest absolute Gasteiger partial charge is 0.370 e. The molecule has 0 unspecified atom stereocenters. The van der Waals surface area contributed by atoms with Crippen LogP contribution in [-0.4, -0.2) is 11.9 Å². The molecule has 1 amide bonds. The molecule has 16 heavy (non-hydrogen) atoms. The third-order valence-corrected chi connectivity index (χ3v) is 2.03. The van der Waals surface area contributed by atoms with Crippen LogP contribution in [0.1, 0.15) is 12.0 Å². The Morgan fingerprint density at radius 2 is 1.75 bits per heavy atom. The van der Waals surface area contributed by atoms with Gasteiger partial charge in [-0.1, -0.05) is 0 Å². The molecule has 0 heterocycles. The van der Waals surface area contributed by atoms with Crippen molar-refractivity contribution in [2.75, 3.05) is 0 Å². The van der Waals surface area contributed by atoms with Crippen molar-refractivity contribution in [1.29, 1.82) is 0 Å². The molecule has 0 spiro atoms. The molecule has 0 bridgehead atoms. The number of hydrogen-bond donors (Lipinski definition) is 2. The smallest absolute Gasteiger partial charge is 0.218 e. The Morgan fingerprint density at radius 1 is 1.19 bits per heavy atom. The summed E-state index contributed by atoms with van der Waals surface area (Å²) in [7, 11) is 0. The topological polar surface area (TPSA) is 69.1 Å². The predicted octanol–water partition coefficient (Wildman–Crippen LogP) is 0.849. The Balaban J connectivity index is 2.81. The summed E-state index contributed by atoms with van der Waals surface area (Å²) in [5, 5.41) is 0. The molecular weight excluding hydrogens is 221 g/mol. The van der Waals surface area contributed by atoms with E-state index < -0.39 is 29.4 Å². The standard InChI is InChI=1S/C10H11F3N2O/c11-7-4-9(13)8(12)2-5(7)1-6(14)3-10(15)16/h2,4,6H,1,3,14H2,(H2,15,16)/t6-/m1/s1. The van der Waals surface area contributed by atoms with Crippen molar-refractivity contribution in [3.05, 3.63) is 35.1 Å². The number of hydrogen-bond acceptors (Lipinski definition) is 2. The van der Waals surface area contributed by atoms with Gasteiger partial charge in [-0.3, -0.25) is 4.79 Å². The fourth-order valence-corrected chi connectivity index (χ4v) is 1.33. The van der Waals surface area contributed by atoms with Gasteiger partial charge in [0, 0.05) is 18.5 Å². The quantitative estimate of drug-likeness (QED) is 0.755. The number of nitrogens with two attached hydrogens (primary N) is 2. The van der Waals surface area contributed by atoms with Crippen molar-refractivity contribution in [3.63, 3.8) is 0 Å². The van der Waals surface area contributed by atoms with Crippen molar-refractivity contribution in [1.82, 2.24) is 0 Å². The van der Waals surface area contributed by atoms with Crippen LogP contribution >= 0.6 is 0 Å². The summed E-state index contributed by atoms with van der Waals surface area (Å²) in [4.78, 5) is 10.5. The van der Waals surface area contributed by atoms with Gasteiger partial charge in [-0.15, -0.1) is 0 Å². The highest BCUT2D eigenvalue weighted by Gasteiger charge is 2.14. The van der Waals surface area contributed by atoms with Crippen LogP contribution in [0.3, 0.4) is 0 Å². The lowest BCUT2D eigenvalue weighted by Crippen LogP contribution is -2.29. The fraction of sp³-hybridized carbons (Fsp3) is 0.300. The highest BCUT2D eigenvalue weighted by atomic mass is 19.2. The van der Waals surface area contributed by atoms with Crippen molar-refractivity contribution in [2.24, 2.45) is 11.5 Å². The van der Waals surface area contributed by atoms with Crippen LogP contribution in [0.4, 0.5) is 13.2 Å². The maximum atomic E-state index is 13.1. The Hall–Kier alpha value is -1.56. The van der Waals surface area contributed by atoms with Crippen molar-refractivity contribution in [2.45, 2.75) is 18.9 Å². The minimum atomic E-state index is -1.26. The van der Waals surface area contributed by atoms with Crippen LogP contribution < -0.4 is 11.5 Å². The lowest BCUT2D eigenvalue weighted by Gasteiger charge is -2.10. The Kier molecular flexibility index (Phi) is 3.89. The molecule has 0 saturated heterocycles. The monoisotopic (exact) mass is 232 g/mol. The van der Waals surface area contributed by atoms with E-state index in [-0.39, 0.29) is 18.4 Å². The molecule has 4 N–H and O–H groups in total. The SMILES string of the molecule is NC(=O)C[C@H](N)Cc1cc(F)c(F)cc1F. The molecule has 88 valence electrons. The van der Waals surface area contributed by atoms with E-state index in [2.05, 4.69) is 0 Å². The maximum absolute atomic E-state index is 13.1. The van der Waals surface area contributed by atoms with Crippen LogP contribution in [-0.2, 0) is 11.2 Å². The normalized spacial score (nSPS) is 12.5. The van der Waals surface area contributed by atoms with E-state index in [9.17, 15) is 18.0 Å². The van der Waals surface area contributed by atoms with Gasteiger partial charge in [0.1, 0.15) is 5.82 Å². The van der Waals surface area contributed by atoms with E-state index in [4.69, 9.17) is 11.5 Å². The summed E-state index contributed by atoms with van der Waals surface area (Å²) in [5.74, 6) is -3.93. The third kappa shape index (κ3) is 3.23. The van der Waals surface area contributed by atoms with Gasteiger partial charge in [-0.25, -0.2) is 13.2 Å².